The Hall–Kier alpha value is -1.01. The summed E-state index contributed by atoms with van der Waals surface area (Å²) in [5.74, 6) is 0. The van der Waals surface area contributed by atoms with Gasteiger partial charge in [0.25, 0.3) is 0 Å². The summed E-state index contributed by atoms with van der Waals surface area (Å²) < 4.78 is 39.3. The molecule has 1 nitrogen and oxygen atoms in total. The van der Waals surface area contributed by atoms with Crippen LogP contribution in [0.4, 0.5) is 18.9 Å². The molecule has 2 aromatic carbocycles. The van der Waals surface area contributed by atoms with Crippen LogP contribution in [0.25, 0.3) is 0 Å². The maximum absolute atomic E-state index is 12.8. The summed E-state index contributed by atoms with van der Waals surface area (Å²) in [5.41, 5.74) is 0.717. The Morgan fingerprint density at radius 1 is 0.950 bits per heavy atom. The van der Waals surface area contributed by atoms with Crippen molar-refractivity contribution in [1.29, 1.82) is 0 Å². The van der Waals surface area contributed by atoms with Crippen molar-refractivity contribution in [3.63, 3.8) is 0 Å². The van der Waals surface area contributed by atoms with Crippen LogP contribution in [0.2, 0.25) is 0 Å². The molecule has 0 amide bonds. The molecule has 1 N–H and O–H groups in total. The van der Waals surface area contributed by atoms with Crippen molar-refractivity contribution in [1.82, 2.24) is 0 Å². The maximum Gasteiger partial charge on any atom is 0.417 e. The van der Waals surface area contributed by atoms with Crippen LogP contribution < -0.4 is 5.32 Å². The lowest BCUT2D eigenvalue weighted by Gasteiger charge is -2.13. The highest BCUT2D eigenvalue weighted by Gasteiger charge is 2.33. The summed E-state index contributed by atoms with van der Waals surface area (Å²) in [7, 11) is 0. The monoisotopic (exact) mass is 407 g/mol. The third-order valence-electron chi connectivity index (χ3n) is 2.71. The fourth-order valence-electron chi connectivity index (χ4n) is 1.69. The van der Waals surface area contributed by atoms with Crippen molar-refractivity contribution >= 4 is 37.5 Å². The molecule has 2 rings (SSSR count). The predicted molar refractivity (Wildman–Crippen MR) is 80.6 cm³/mol. The van der Waals surface area contributed by atoms with Crippen LogP contribution in [-0.4, -0.2) is 0 Å². The molecule has 0 radical (unpaired) electrons. The number of halogens is 5. The zero-order chi connectivity index (χ0) is 14.8. The van der Waals surface area contributed by atoms with E-state index in [1.807, 2.05) is 24.3 Å². The standard InChI is InChI=1S/C14H10Br2F3N/c15-12-4-2-1-3-9(12)8-20-10-5-6-13(16)11(7-10)14(17,18)19/h1-7,20H,8H2. The van der Waals surface area contributed by atoms with Gasteiger partial charge in [0.2, 0.25) is 0 Å². The van der Waals surface area contributed by atoms with Gasteiger partial charge < -0.3 is 5.32 Å². The minimum absolute atomic E-state index is 0.0384. The zero-order valence-corrected chi connectivity index (χ0v) is 13.3. The van der Waals surface area contributed by atoms with Crippen molar-refractivity contribution in [3.8, 4) is 0 Å². The fraction of sp³-hybridized carbons (Fsp3) is 0.143. The minimum atomic E-state index is -4.37. The molecule has 0 aliphatic carbocycles. The van der Waals surface area contributed by atoms with Gasteiger partial charge in [-0.1, -0.05) is 50.1 Å². The number of benzene rings is 2. The summed E-state index contributed by atoms with van der Waals surface area (Å²) in [6, 6.07) is 11.7. The Morgan fingerprint density at radius 2 is 1.65 bits per heavy atom. The Balaban J connectivity index is 2.17. The number of rotatable bonds is 3. The number of hydrogen-bond donors (Lipinski definition) is 1. The smallest absolute Gasteiger partial charge is 0.381 e. The molecule has 20 heavy (non-hydrogen) atoms. The van der Waals surface area contributed by atoms with Crippen LogP contribution in [0.3, 0.4) is 0 Å². The fourth-order valence-corrected chi connectivity index (χ4v) is 2.59. The third-order valence-corrected chi connectivity index (χ3v) is 4.18. The lowest BCUT2D eigenvalue weighted by molar-refractivity contribution is -0.138. The molecule has 0 heterocycles. The summed E-state index contributed by atoms with van der Waals surface area (Å²) in [5, 5.41) is 2.99. The zero-order valence-electron chi connectivity index (χ0n) is 10.1. The molecule has 0 spiro atoms. The summed E-state index contributed by atoms with van der Waals surface area (Å²) >= 11 is 6.32. The van der Waals surface area contributed by atoms with E-state index >= 15 is 0 Å². The van der Waals surface area contributed by atoms with E-state index in [1.54, 1.807) is 6.07 Å². The molecule has 0 fully saturated rings. The summed E-state index contributed by atoms with van der Waals surface area (Å²) in [6.45, 7) is 0.445. The van der Waals surface area contributed by atoms with E-state index in [1.165, 1.54) is 6.07 Å². The van der Waals surface area contributed by atoms with E-state index < -0.39 is 11.7 Å². The molecule has 6 heteroatoms. The summed E-state index contributed by atoms with van der Waals surface area (Å²) in [6.07, 6.45) is -4.37. The van der Waals surface area contributed by atoms with E-state index in [9.17, 15) is 13.2 Å². The molecule has 0 unspecified atom stereocenters. The van der Waals surface area contributed by atoms with Crippen molar-refractivity contribution < 1.29 is 13.2 Å². The van der Waals surface area contributed by atoms with Crippen LogP contribution >= 0.6 is 31.9 Å². The highest BCUT2D eigenvalue weighted by atomic mass is 79.9. The van der Waals surface area contributed by atoms with Crippen LogP contribution in [0.5, 0.6) is 0 Å². The first-order valence-electron chi connectivity index (χ1n) is 5.72. The number of nitrogens with one attached hydrogen (secondary N) is 1. The minimum Gasteiger partial charge on any atom is -0.381 e. The predicted octanol–water partition coefficient (Wildman–Crippen LogP) is 5.84. The van der Waals surface area contributed by atoms with Crippen molar-refractivity contribution in [2.45, 2.75) is 12.7 Å². The van der Waals surface area contributed by atoms with E-state index in [0.717, 1.165) is 16.1 Å². The molecule has 0 saturated heterocycles. The molecule has 0 aliphatic rings. The Bertz CT molecular complexity index is 612. The van der Waals surface area contributed by atoms with E-state index in [-0.39, 0.29) is 4.47 Å². The first kappa shape index (κ1) is 15.4. The molecular weight excluding hydrogens is 399 g/mol. The van der Waals surface area contributed by atoms with E-state index in [0.29, 0.717) is 12.2 Å². The second-order valence-electron chi connectivity index (χ2n) is 4.14. The van der Waals surface area contributed by atoms with Gasteiger partial charge in [-0.2, -0.15) is 13.2 Å². The quantitative estimate of drug-likeness (QED) is 0.672. The highest BCUT2D eigenvalue weighted by Crippen LogP contribution is 2.36. The Morgan fingerprint density at radius 3 is 2.30 bits per heavy atom. The Labute approximate surface area is 131 Å². The second kappa shape index (κ2) is 6.18. The second-order valence-corrected chi connectivity index (χ2v) is 5.85. The number of hydrogen-bond acceptors (Lipinski definition) is 1. The molecule has 0 saturated carbocycles. The molecule has 0 atom stereocenters. The van der Waals surface area contributed by atoms with Gasteiger partial charge in [-0.3, -0.25) is 0 Å². The highest BCUT2D eigenvalue weighted by molar-refractivity contribution is 9.10. The van der Waals surface area contributed by atoms with Crippen LogP contribution in [0, 0.1) is 0 Å². The Kier molecular flexibility index (Phi) is 4.75. The number of anilines is 1. The van der Waals surface area contributed by atoms with Crippen LogP contribution in [0.1, 0.15) is 11.1 Å². The molecule has 106 valence electrons. The van der Waals surface area contributed by atoms with Crippen molar-refractivity contribution in [2.75, 3.05) is 5.32 Å². The SMILES string of the molecule is FC(F)(F)c1cc(NCc2ccccc2Br)ccc1Br. The van der Waals surface area contributed by atoms with E-state index in [2.05, 4.69) is 37.2 Å². The first-order valence-corrected chi connectivity index (χ1v) is 7.30. The molecule has 0 aromatic heterocycles. The van der Waals surface area contributed by atoms with Gasteiger partial charge in [0.1, 0.15) is 0 Å². The lowest BCUT2D eigenvalue weighted by Crippen LogP contribution is -2.07. The van der Waals surface area contributed by atoms with Gasteiger partial charge in [0, 0.05) is 21.2 Å². The first-order chi connectivity index (χ1) is 9.38. The van der Waals surface area contributed by atoms with Gasteiger partial charge in [-0.05, 0) is 29.8 Å². The molecule has 0 aliphatic heterocycles. The van der Waals surface area contributed by atoms with Gasteiger partial charge in [0.15, 0.2) is 0 Å². The van der Waals surface area contributed by atoms with Crippen LogP contribution in [0.15, 0.2) is 51.4 Å². The topological polar surface area (TPSA) is 12.0 Å². The largest absolute Gasteiger partial charge is 0.417 e. The normalized spacial score (nSPS) is 11.4. The number of alkyl halides is 3. The van der Waals surface area contributed by atoms with Crippen molar-refractivity contribution in [3.05, 3.63) is 62.5 Å². The average Bonchev–Trinajstić information content (AvgIpc) is 2.38. The molecule has 2 aromatic rings. The van der Waals surface area contributed by atoms with E-state index in [4.69, 9.17) is 0 Å². The maximum atomic E-state index is 12.8. The van der Waals surface area contributed by atoms with Gasteiger partial charge in [-0.25, -0.2) is 0 Å². The third kappa shape index (κ3) is 3.76. The lowest BCUT2D eigenvalue weighted by atomic mass is 10.2. The van der Waals surface area contributed by atoms with Gasteiger partial charge in [0.05, 0.1) is 5.56 Å². The van der Waals surface area contributed by atoms with Gasteiger partial charge in [-0.15, -0.1) is 0 Å². The van der Waals surface area contributed by atoms with Crippen molar-refractivity contribution in [2.24, 2.45) is 0 Å². The summed E-state index contributed by atoms with van der Waals surface area (Å²) in [4.78, 5) is 0. The van der Waals surface area contributed by atoms with Crippen LogP contribution in [-0.2, 0) is 12.7 Å². The molecular formula is C14H10Br2F3N. The van der Waals surface area contributed by atoms with Gasteiger partial charge >= 0.3 is 6.18 Å². The molecule has 0 bridgehead atoms. The average molecular weight is 409 g/mol.